The molecule has 0 aliphatic carbocycles. The lowest BCUT2D eigenvalue weighted by Crippen LogP contribution is -2.01. The Kier molecular flexibility index (Phi) is 6.33. The third-order valence-electron chi connectivity index (χ3n) is 2.47. The van der Waals surface area contributed by atoms with Crippen molar-refractivity contribution < 1.29 is 0 Å². The molecule has 2 aliphatic rings. The number of aryl methyl sites for hydroxylation is 1. The van der Waals surface area contributed by atoms with E-state index in [4.69, 9.17) is 0 Å². The summed E-state index contributed by atoms with van der Waals surface area (Å²) in [5, 5.41) is 0. The minimum atomic E-state index is 1.02. The predicted molar refractivity (Wildman–Crippen MR) is 78.3 cm³/mol. The molecule has 0 bridgehead atoms. The van der Waals surface area contributed by atoms with Crippen molar-refractivity contribution >= 4 is 6.21 Å². The van der Waals surface area contributed by atoms with Crippen LogP contribution >= 0.6 is 0 Å². The topological polar surface area (TPSA) is 20.5 Å². The van der Waals surface area contributed by atoms with E-state index < -0.39 is 0 Å². The Morgan fingerprint density at radius 2 is 1.89 bits per heavy atom. The third kappa shape index (κ3) is 5.89. The van der Waals surface area contributed by atoms with Gasteiger partial charge in [-0.25, -0.2) is 0 Å². The first-order valence-corrected chi connectivity index (χ1v) is 6.01. The van der Waals surface area contributed by atoms with Crippen molar-refractivity contribution in [1.82, 2.24) is 9.47 Å². The molecule has 3 heterocycles. The maximum atomic E-state index is 3.80. The van der Waals surface area contributed by atoms with E-state index in [2.05, 4.69) is 17.6 Å². The average molecular weight is 243 g/mol. The van der Waals surface area contributed by atoms with E-state index in [1.165, 1.54) is 5.70 Å². The summed E-state index contributed by atoms with van der Waals surface area (Å²) in [5.41, 5.74) is 1.18. The molecule has 0 saturated heterocycles. The van der Waals surface area contributed by atoms with E-state index >= 15 is 0 Å². The zero-order valence-corrected chi connectivity index (χ0v) is 11.2. The minimum Gasteiger partial charge on any atom is -0.357 e. The molecule has 0 N–H and O–H groups in total. The predicted octanol–water partition coefficient (Wildman–Crippen LogP) is 3.35. The van der Waals surface area contributed by atoms with Gasteiger partial charge in [0, 0.05) is 57.4 Å². The molecule has 0 radical (unpaired) electrons. The first-order valence-electron chi connectivity index (χ1n) is 6.01. The summed E-state index contributed by atoms with van der Waals surface area (Å²) >= 11 is 0. The van der Waals surface area contributed by atoms with Gasteiger partial charge in [-0.1, -0.05) is 18.7 Å². The lowest BCUT2D eigenvalue weighted by Gasteiger charge is -2.06. The maximum absolute atomic E-state index is 3.80. The fraction of sp³-hybridized carbons (Fsp3) is 0.267. The lowest BCUT2D eigenvalue weighted by molar-refractivity contribution is 0.588. The van der Waals surface area contributed by atoms with Gasteiger partial charge >= 0.3 is 0 Å². The van der Waals surface area contributed by atoms with Crippen LogP contribution in [0, 0.1) is 0 Å². The molecule has 0 aromatic carbocycles. The molecule has 1 aromatic rings. The minimum absolute atomic E-state index is 1.02. The van der Waals surface area contributed by atoms with Crippen molar-refractivity contribution in [3.8, 4) is 0 Å². The van der Waals surface area contributed by atoms with E-state index in [0.29, 0.717) is 0 Å². The van der Waals surface area contributed by atoms with Crippen LogP contribution < -0.4 is 0 Å². The number of aromatic nitrogens is 1. The highest BCUT2D eigenvalue weighted by Crippen LogP contribution is 2.11. The van der Waals surface area contributed by atoms with Crippen LogP contribution in [0.25, 0.3) is 0 Å². The van der Waals surface area contributed by atoms with E-state index in [0.717, 1.165) is 12.8 Å². The molecule has 3 nitrogen and oxygen atoms in total. The molecular weight excluding hydrogens is 222 g/mol. The Bertz CT molecular complexity index is 415. The fourth-order valence-corrected chi connectivity index (χ4v) is 1.32. The summed E-state index contributed by atoms with van der Waals surface area (Å²) in [4.78, 5) is 5.81. The van der Waals surface area contributed by atoms with Crippen LogP contribution in [0.2, 0.25) is 0 Å². The highest BCUT2D eigenvalue weighted by Gasteiger charge is 2.00. The second kappa shape index (κ2) is 8.12. The summed E-state index contributed by atoms with van der Waals surface area (Å²) in [6, 6.07) is 4.00. The van der Waals surface area contributed by atoms with E-state index in [-0.39, 0.29) is 0 Å². The highest BCUT2D eigenvalue weighted by atomic mass is 15.1. The summed E-state index contributed by atoms with van der Waals surface area (Å²) in [6.07, 6.45) is 15.9. The van der Waals surface area contributed by atoms with E-state index in [1.54, 1.807) is 6.20 Å². The third-order valence-corrected chi connectivity index (χ3v) is 2.47. The van der Waals surface area contributed by atoms with E-state index in [1.807, 2.05) is 66.6 Å². The van der Waals surface area contributed by atoms with Gasteiger partial charge < -0.3 is 9.47 Å². The number of nitrogens with zero attached hydrogens (tertiary/aromatic N) is 3. The molecule has 0 fully saturated rings. The Morgan fingerprint density at radius 3 is 2.06 bits per heavy atom. The zero-order valence-electron chi connectivity index (χ0n) is 11.2. The molecule has 0 atom stereocenters. The summed E-state index contributed by atoms with van der Waals surface area (Å²) < 4.78 is 2.00. The quantitative estimate of drug-likeness (QED) is 0.684. The van der Waals surface area contributed by atoms with Gasteiger partial charge in [0.05, 0.1) is 0 Å². The molecular formula is C15H21N3. The van der Waals surface area contributed by atoms with Crippen LogP contribution in [0.4, 0.5) is 0 Å². The van der Waals surface area contributed by atoms with Crippen molar-refractivity contribution in [1.29, 1.82) is 0 Å². The van der Waals surface area contributed by atoms with Crippen LogP contribution in [0.3, 0.4) is 0 Å². The molecule has 18 heavy (non-hydrogen) atoms. The van der Waals surface area contributed by atoms with E-state index in [9.17, 15) is 0 Å². The molecule has 0 saturated carbocycles. The molecule has 1 aromatic heterocycles. The maximum Gasteiger partial charge on any atom is 0.0227 e. The molecule has 3 heteroatoms. The summed E-state index contributed by atoms with van der Waals surface area (Å²) in [7, 11) is 4.01. The Hall–Kier alpha value is -2.03. The first-order chi connectivity index (χ1) is 8.70. The second-order valence-corrected chi connectivity index (χ2v) is 4.07. The van der Waals surface area contributed by atoms with Crippen molar-refractivity contribution in [2.45, 2.75) is 12.8 Å². The number of hydrogen-bond acceptors (Lipinski definition) is 2. The van der Waals surface area contributed by atoms with Crippen molar-refractivity contribution in [3.63, 3.8) is 0 Å². The smallest absolute Gasteiger partial charge is 0.0227 e. The molecule has 0 amide bonds. The van der Waals surface area contributed by atoms with Crippen LogP contribution in [0.5, 0.6) is 0 Å². The Labute approximate surface area is 109 Å². The van der Waals surface area contributed by atoms with Gasteiger partial charge in [-0.3, -0.25) is 4.99 Å². The van der Waals surface area contributed by atoms with Gasteiger partial charge in [0.15, 0.2) is 0 Å². The Morgan fingerprint density at radius 1 is 1.17 bits per heavy atom. The Balaban J connectivity index is 0.000000137. The van der Waals surface area contributed by atoms with Gasteiger partial charge in [-0.2, -0.15) is 0 Å². The summed E-state index contributed by atoms with van der Waals surface area (Å²) in [6.45, 7) is 3.80. The van der Waals surface area contributed by atoms with Crippen LogP contribution in [-0.4, -0.2) is 22.7 Å². The normalized spacial score (nSPS) is 15.2. The molecule has 0 spiro atoms. The largest absolute Gasteiger partial charge is 0.357 e. The lowest BCUT2D eigenvalue weighted by atomic mass is 10.4. The fourth-order valence-electron chi connectivity index (χ4n) is 1.32. The van der Waals surface area contributed by atoms with Crippen molar-refractivity contribution in [2.24, 2.45) is 12.0 Å². The zero-order chi connectivity index (χ0) is 13.2. The number of aliphatic imine (C=N–C) groups is 1. The molecule has 2 aliphatic heterocycles. The summed E-state index contributed by atoms with van der Waals surface area (Å²) in [5.74, 6) is 0. The molecule has 0 unspecified atom stereocenters. The van der Waals surface area contributed by atoms with Gasteiger partial charge in [-0.15, -0.1) is 0 Å². The van der Waals surface area contributed by atoms with Gasteiger partial charge in [0.25, 0.3) is 0 Å². The molecule has 3 rings (SSSR count). The van der Waals surface area contributed by atoms with Crippen LogP contribution in [-0.2, 0) is 7.05 Å². The van der Waals surface area contributed by atoms with Gasteiger partial charge in [-0.05, 0) is 18.3 Å². The second-order valence-electron chi connectivity index (χ2n) is 4.07. The van der Waals surface area contributed by atoms with Gasteiger partial charge in [0.1, 0.15) is 0 Å². The van der Waals surface area contributed by atoms with Crippen LogP contribution in [0.15, 0.2) is 66.3 Å². The first kappa shape index (κ1) is 14.0. The SMILES string of the molecule is C1=CN=CC1.C=C1CC=CN1C.Cn1cccc1. The van der Waals surface area contributed by atoms with Crippen LogP contribution in [0.1, 0.15) is 12.8 Å². The number of rotatable bonds is 0. The van der Waals surface area contributed by atoms with Crippen molar-refractivity contribution in [2.75, 3.05) is 7.05 Å². The number of hydrogen-bond donors (Lipinski definition) is 0. The highest BCUT2D eigenvalue weighted by molar-refractivity contribution is 5.62. The average Bonchev–Trinajstić information content (AvgIpc) is 3.06. The van der Waals surface area contributed by atoms with Crippen molar-refractivity contribution in [3.05, 3.63) is 61.4 Å². The molecule has 96 valence electrons. The number of allylic oxidation sites excluding steroid dienone is 2. The standard InChI is InChI=1S/C6H9N.C5H7N.C4H5N/c1-6-4-3-5-7(6)2;1-6-4-2-3-5-6;1-2-4-5-3-1/h3,5H,1,4H2,2H3;2-5H,1H3;1,3-4H,2H2. The van der Waals surface area contributed by atoms with Gasteiger partial charge in [0.2, 0.25) is 0 Å². The monoisotopic (exact) mass is 243 g/mol.